The van der Waals surface area contributed by atoms with Crippen molar-refractivity contribution >= 4 is 23.2 Å². The summed E-state index contributed by atoms with van der Waals surface area (Å²) >= 11 is 12.5. The van der Waals surface area contributed by atoms with Gasteiger partial charge in [-0.15, -0.1) is 0 Å². The van der Waals surface area contributed by atoms with Crippen molar-refractivity contribution in [1.82, 2.24) is 5.32 Å². The summed E-state index contributed by atoms with van der Waals surface area (Å²) in [7, 11) is 0. The second kappa shape index (κ2) is 11.2. The maximum Gasteiger partial charge on any atom is 0.180 e. The van der Waals surface area contributed by atoms with Crippen LogP contribution in [0, 0.1) is 5.82 Å². The molecule has 0 heterocycles. The van der Waals surface area contributed by atoms with Crippen molar-refractivity contribution in [1.29, 1.82) is 0 Å². The van der Waals surface area contributed by atoms with Crippen molar-refractivity contribution in [2.45, 2.75) is 26.5 Å². The molecule has 3 aromatic rings. The Morgan fingerprint density at radius 2 is 1.70 bits per heavy atom. The van der Waals surface area contributed by atoms with Crippen molar-refractivity contribution in [2.75, 3.05) is 13.2 Å². The molecule has 30 heavy (non-hydrogen) atoms. The molecule has 0 unspecified atom stereocenters. The summed E-state index contributed by atoms with van der Waals surface area (Å²) in [6.45, 7) is 4.17. The van der Waals surface area contributed by atoms with E-state index in [1.165, 1.54) is 12.1 Å². The van der Waals surface area contributed by atoms with Crippen LogP contribution in [-0.2, 0) is 19.6 Å². The van der Waals surface area contributed by atoms with Gasteiger partial charge < -0.3 is 14.8 Å². The molecule has 0 bridgehead atoms. The molecule has 3 rings (SSSR count). The minimum Gasteiger partial charge on any atom is -0.490 e. The third-order valence-electron chi connectivity index (χ3n) is 4.47. The van der Waals surface area contributed by atoms with Crippen LogP contribution in [0.15, 0.2) is 60.7 Å². The zero-order valence-corrected chi connectivity index (χ0v) is 18.3. The molecule has 0 aliphatic heterocycles. The van der Waals surface area contributed by atoms with E-state index in [4.69, 9.17) is 32.7 Å². The molecule has 0 aliphatic carbocycles. The number of benzene rings is 3. The zero-order valence-electron chi connectivity index (χ0n) is 16.8. The van der Waals surface area contributed by atoms with E-state index in [1.807, 2.05) is 43.3 Å². The smallest absolute Gasteiger partial charge is 0.180 e. The molecule has 0 amide bonds. The number of hydrogen-bond donors (Lipinski definition) is 1. The van der Waals surface area contributed by atoms with Crippen molar-refractivity contribution in [2.24, 2.45) is 0 Å². The lowest BCUT2D eigenvalue weighted by molar-refractivity contribution is 0.269. The summed E-state index contributed by atoms with van der Waals surface area (Å²) in [5.74, 6) is 0.915. The van der Waals surface area contributed by atoms with Crippen LogP contribution in [0.1, 0.15) is 23.6 Å². The number of rotatable bonds is 10. The van der Waals surface area contributed by atoms with Gasteiger partial charge in [0.25, 0.3) is 0 Å². The predicted octanol–water partition coefficient (Wildman–Crippen LogP) is 6.44. The Morgan fingerprint density at radius 3 is 2.43 bits per heavy atom. The largest absolute Gasteiger partial charge is 0.490 e. The quantitative estimate of drug-likeness (QED) is 0.362. The van der Waals surface area contributed by atoms with Crippen LogP contribution in [0.25, 0.3) is 0 Å². The van der Waals surface area contributed by atoms with Gasteiger partial charge in [0, 0.05) is 11.6 Å². The highest BCUT2D eigenvalue weighted by atomic mass is 35.5. The standard InChI is InChI=1S/C24H24Cl2FNO2/c1-2-29-23-14-19(15-28-11-10-17-6-8-21(27)9-7-17)13-22(26)24(23)30-16-18-4-3-5-20(25)12-18/h3-9,12-14,28H,2,10-11,15-16H2,1H3. The van der Waals surface area contributed by atoms with Crippen LogP contribution in [0.2, 0.25) is 10.0 Å². The van der Waals surface area contributed by atoms with Crippen molar-refractivity contribution in [3.05, 3.63) is 93.2 Å². The molecule has 0 saturated carbocycles. The van der Waals surface area contributed by atoms with E-state index in [0.29, 0.717) is 41.3 Å². The predicted molar refractivity (Wildman–Crippen MR) is 120 cm³/mol. The van der Waals surface area contributed by atoms with Gasteiger partial charge in [0.15, 0.2) is 11.5 Å². The van der Waals surface area contributed by atoms with Gasteiger partial charge in [-0.25, -0.2) is 4.39 Å². The van der Waals surface area contributed by atoms with Gasteiger partial charge >= 0.3 is 0 Å². The number of halogens is 3. The summed E-state index contributed by atoms with van der Waals surface area (Å²) < 4.78 is 24.7. The number of ether oxygens (including phenoxy) is 2. The molecule has 0 fully saturated rings. The highest BCUT2D eigenvalue weighted by molar-refractivity contribution is 6.32. The Bertz CT molecular complexity index is 964. The summed E-state index contributed by atoms with van der Waals surface area (Å²) in [5.41, 5.74) is 3.03. The Hall–Kier alpha value is -2.27. The number of nitrogens with one attached hydrogen (secondary N) is 1. The van der Waals surface area contributed by atoms with E-state index in [9.17, 15) is 4.39 Å². The normalized spacial score (nSPS) is 10.8. The fourth-order valence-corrected chi connectivity index (χ4v) is 3.53. The summed E-state index contributed by atoms with van der Waals surface area (Å²) in [6, 6.07) is 17.9. The van der Waals surface area contributed by atoms with E-state index in [2.05, 4.69) is 5.32 Å². The van der Waals surface area contributed by atoms with Gasteiger partial charge in [-0.05, 0) is 73.0 Å². The fraction of sp³-hybridized carbons (Fsp3) is 0.250. The molecule has 0 aliphatic rings. The molecule has 0 aromatic heterocycles. The average molecular weight is 448 g/mol. The van der Waals surface area contributed by atoms with Crippen LogP contribution >= 0.6 is 23.2 Å². The van der Waals surface area contributed by atoms with Crippen LogP contribution in [-0.4, -0.2) is 13.2 Å². The lowest BCUT2D eigenvalue weighted by Gasteiger charge is -2.16. The molecular weight excluding hydrogens is 424 g/mol. The Labute approximate surface area is 186 Å². The Morgan fingerprint density at radius 1 is 0.900 bits per heavy atom. The van der Waals surface area contributed by atoms with E-state index in [-0.39, 0.29) is 5.82 Å². The molecule has 0 spiro atoms. The van der Waals surface area contributed by atoms with Crippen LogP contribution in [0.5, 0.6) is 11.5 Å². The first-order chi connectivity index (χ1) is 14.5. The molecule has 158 valence electrons. The third kappa shape index (κ3) is 6.63. The topological polar surface area (TPSA) is 30.5 Å². The first-order valence-corrected chi connectivity index (χ1v) is 10.6. The lowest BCUT2D eigenvalue weighted by Crippen LogP contribution is -2.17. The maximum atomic E-state index is 13.0. The van der Waals surface area contributed by atoms with Crippen LogP contribution in [0.4, 0.5) is 4.39 Å². The second-order valence-corrected chi connectivity index (χ2v) is 7.65. The summed E-state index contributed by atoms with van der Waals surface area (Å²) in [5, 5.41) is 4.54. The molecule has 0 saturated heterocycles. The second-order valence-electron chi connectivity index (χ2n) is 6.81. The SMILES string of the molecule is CCOc1cc(CNCCc2ccc(F)cc2)cc(Cl)c1OCc1cccc(Cl)c1. The van der Waals surface area contributed by atoms with Gasteiger partial charge in [0.05, 0.1) is 11.6 Å². The summed E-state index contributed by atoms with van der Waals surface area (Å²) in [4.78, 5) is 0. The molecule has 1 N–H and O–H groups in total. The lowest BCUT2D eigenvalue weighted by atomic mass is 10.1. The van der Waals surface area contributed by atoms with E-state index in [1.54, 1.807) is 12.1 Å². The van der Waals surface area contributed by atoms with Crippen molar-refractivity contribution in [3.63, 3.8) is 0 Å². The zero-order chi connectivity index (χ0) is 21.3. The van der Waals surface area contributed by atoms with Gasteiger partial charge in [0.2, 0.25) is 0 Å². The molecule has 0 radical (unpaired) electrons. The molecule has 3 aromatic carbocycles. The Balaban J connectivity index is 1.61. The van der Waals surface area contributed by atoms with Gasteiger partial charge in [-0.3, -0.25) is 0 Å². The van der Waals surface area contributed by atoms with Gasteiger partial charge in [-0.1, -0.05) is 47.5 Å². The van der Waals surface area contributed by atoms with Gasteiger partial charge in [0.1, 0.15) is 12.4 Å². The Kier molecular flexibility index (Phi) is 8.38. The molecule has 6 heteroatoms. The van der Waals surface area contributed by atoms with Crippen molar-refractivity contribution < 1.29 is 13.9 Å². The third-order valence-corrected chi connectivity index (χ3v) is 4.99. The first kappa shape index (κ1) is 22.4. The average Bonchev–Trinajstić information content (AvgIpc) is 2.72. The van der Waals surface area contributed by atoms with E-state index in [0.717, 1.165) is 29.7 Å². The summed E-state index contributed by atoms with van der Waals surface area (Å²) in [6.07, 6.45) is 0.813. The fourth-order valence-electron chi connectivity index (χ4n) is 3.03. The maximum absolute atomic E-state index is 13.0. The molecule has 3 nitrogen and oxygen atoms in total. The van der Waals surface area contributed by atoms with E-state index < -0.39 is 0 Å². The van der Waals surface area contributed by atoms with Crippen molar-refractivity contribution in [3.8, 4) is 11.5 Å². The minimum atomic E-state index is -0.220. The molecular formula is C24H24Cl2FNO2. The monoisotopic (exact) mass is 447 g/mol. The van der Waals surface area contributed by atoms with Gasteiger partial charge in [-0.2, -0.15) is 0 Å². The highest BCUT2D eigenvalue weighted by Gasteiger charge is 2.13. The van der Waals surface area contributed by atoms with E-state index >= 15 is 0 Å². The molecule has 0 atom stereocenters. The van der Waals surface area contributed by atoms with Crippen LogP contribution < -0.4 is 14.8 Å². The number of hydrogen-bond acceptors (Lipinski definition) is 3. The minimum absolute atomic E-state index is 0.220. The first-order valence-electron chi connectivity index (χ1n) is 9.82. The van der Waals surface area contributed by atoms with Crippen LogP contribution in [0.3, 0.4) is 0 Å². The highest BCUT2D eigenvalue weighted by Crippen LogP contribution is 2.37.